The fraction of sp³-hybridized carbons (Fsp3) is 0.500. The smallest absolute Gasteiger partial charge is 0.224 e. The number of anilines is 1. The van der Waals surface area contributed by atoms with Crippen LogP contribution in [0.1, 0.15) is 25.7 Å². The molecule has 1 saturated heterocycles. The van der Waals surface area contributed by atoms with Crippen LogP contribution in [0.2, 0.25) is 0 Å². The molecule has 0 aliphatic carbocycles. The van der Waals surface area contributed by atoms with E-state index in [-0.39, 0.29) is 12.0 Å². The highest BCUT2D eigenvalue weighted by Crippen LogP contribution is 2.19. The van der Waals surface area contributed by atoms with Crippen molar-refractivity contribution in [3.63, 3.8) is 0 Å². The fourth-order valence-corrected chi connectivity index (χ4v) is 2.47. The highest BCUT2D eigenvalue weighted by atomic mass is 32.2. The lowest BCUT2D eigenvalue weighted by atomic mass is 10.1. The van der Waals surface area contributed by atoms with Gasteiger partial charge in [0.15, 0.2) is 0 Å². The fourth-order valence-electron chi connectivity index (χ4n) is 2.06. The highest BCUT2D eigenvalue weighted by Gasteiger charge is 2.16. The summed E-state index contributed by atoms with van der Waals surface area (Å²) in [5.74, 6) is 0.0717. The normalized spacial score (nSPS) is 18.8. The minimum absolute atomic E-state index is 0.0717. The molecular formula is C14H19NO2S. The summed E-state index contributed by atoms with van der Waals surface area (Å²) in [6.07, 6.45) is 5.91. The van der Waals surface area contributed by atoms with Gasteiger partial charge in [0.2, 0.25) is 5.91 Å². The van der Waals surface area contributed by atoms with Gasteiger partial charge in [-0.1, -0.05) is 0 Å². The molecule has 4 heteroatoms. The Morgan fingerprint density at radius 2 is 2.22 bits per heavy atom. The standard InChI is InChI=1S/C14H19NO2S/c1-18-13-7-4-11(5-8-13)15-14(16)9-6-12-3-2-10-17-12/h4-5,7-8,12H,2-3,6,9-10H2,1H3,(H,15,16)/t12-/m0/s1. The Bertz CT molecular complexity index is 385. The van der Waals surface area contributed by atoms with Crippen molar-refractivity contribution in [3.8, 4) is 0 Å². The van der Waals surface area contributed by atoms with E-state index in [1.165, 1.54) is 4.90 Å². The Kier molecular flexibility index (Phi) is 5.08. The number of hydrogen-bond acceptors (Lipinski definition) is 3. The third-order valence-corrected chi connectivity index (χ3v) is 3.83. The minimum Gasteiger partial charge on any atom is -0.378 e. The van der Waals surface area contributed by atoms with Crippen molar-refractivity contribution in [1.29, 1.82) is 0 Å². The van der Waals surface area contributed by atoms with Crippen molar-refractivity contribution in [2.45, 2.75) is 36.7 Å². The Labute approximate surface area is 112 Å². The first-order valence-corrected chi connectivity index (χ1v) is 7.56. The minimum atomic E-state index is 0.0717. The Balaban J connectivity index is 1.75. The Hall–Kier alpha value is -1.00. The number of amides is 1. The van der Waals surface area contributed by atoms with Gasteiger partial charge in [-0.3, -0.25) is 4.79 Å². The van der Waals surface area contributed by atoms with E-state index in [1.54, 1.807) is 11.8 Å². The summed E-state index contributed by atoms with van der Waals surface area (Å²) in [5, 5.41) is 2.91. The van der Waals surface area contributed by atoms with E-state index in [0.29, 0.717) is 6.42 Å². The van der Waals surface area contributed by atoms with Crippen molar-refractivity contribution in [2.24, 2.45) is 0 Å². The van der Waals surface area contributed by atoms with Crippen LogP contribution in [0.25, 0.3) is 0 Å². The van der Waals surface area contributed by atoms with Crippen LogP contribution in [0, 0.1) is 0 Å². The first-order chi connectivity index (χ1) is 8.78. The van der Waals surface area contributed by atoms with Crippen molar-refractivity contribution >= 4 is 23.4 Å². The van der Waals surface area contributed by atoms with E-state index in [4.69, 9.17) is 4.74 Å². The summed E-state index contributed by atoms with van der Waals surface area (Å²) < 4.78 is 5.50. The predicted octanol–water partition coefficient (Wildman–Crippen LogP) is 3.31. The van der Waals surface area contributed by atoms with Gasteiger partial charge in [-0.25, -0.2) is 0 Å². The predicted molar refractivity (Wildman–Crippen MR) is 75.1 cm³/mol. The van der Waals surface area contributed by atoms with Gasteiger partial charge in [-0.2, -0.15) is 0 Å². The summed E-state index contributed by atoms with van der Waals surface area (Å²) in [4.78, 5) is 13.0. The zero-order valence-corrected chi connectivity index (χ0v) is 11.5. The lowest BCUT2D eigenvalue weighted by molar-refractivity contribution is -0.116. The number of carbonyl (C=O) groups is 1. The molecule has 18 heavy (non-hydrogen) atoms. The van der Waals surface area contributed by atoms with Gasteiger partial charge >= 0.3 is 0 Å². The van der Waals surface area contributed by atoms with Crippen LogP contribution in [0.5, 0.6) is 0 Å². The van der Waals surface area contributed by atoms with Crippen LogP contribution in [0.3, 0.4) is 0 Å². The summed E-state index contributed by atoms with van der Waals surface area (Å²) in [6.45, 7) is 0.850. The van der Waals surface area contributed by atoms with Gasteiger partial charge in [0.1, 0.15) is 0 Å². The molecule has 0 radical (unpaired) electrons. The molecule has 1 amide bonds. The van der Waals surface area contributed by atoms with Gasteiger partial charge in [-0.15, -0.1) is 11.8 Å². The van der Waals surface area contributed by atoms with Crippen LogP contribution < -0.4 is 5.32 Å². The molecular weight excluding hydrogens is 246 g/mol. The van der Waals surface area contributed by atoms with E-state index in [2.05, 4.69) is 5.32 Å². The molecule has 2 rings (SSSR count). The molecule has 0 saturated carbocycles. The van der Waals surface area contributed by atoms with Crippen LogP contribution in [0.15, 0.2) is 29.2 Å². The number of benzene rings is 1. The third-order valence-electron chi connectivity index (χ3n) is 3.09. The van der Waals surface area contributed by atoms with Crippen molar-refractivity contribution in [3.05, 3.63) is 24.3 Å². The molecule has 98 valence electrons. The molecule has 1 aromatic carbocycles. The lowest BCUT2D eigenvalue weighted by Crippen LogP contribution is -2.15. The molecule has 1 aliphatic rings. The summed E-state index contributed by atoms with van der Waals surface area (Å²) in [5.41, 5.74) is 0.866. The molecule has 1 aromatic rings. The zero-order chi connectivity index (χ0) is 12.8. The molecule has 0 bridgehead atoms. The number of carbonyl (C=O) groups excluding carboxylic acids is 1. The molecule has 0 aromatic heterocycles. The molecule has 0 unspecified atom stereocenters. The molecule has 1 heterocycles. The number of rotatable bonds is 5. The molecule has 1 atom stereocenters. The number of thioether (sulfide) groups is 1. The van der Waals surface area contributed by atoms with Crippen molar-refractivity contribution < 1.29 is 9.53 Å². The van der Waals surface area contributed by atoms with E-state index in [1.807, 2.05) is 30.5 Å². The van der Waals surface area contributed by atoms with E-state index in [9.17, 15) is 4.79 Å². The van der Waals surface area contributed by atoms with Crippen LogP contribution in [-0.2, 0) is 9.53 Å². The summed E-state index contributed by atoms with van der Waals surface area (Å²) in [6, 6.07) is 7.91. The maximum atomic E-state index is 11.8. The molecule has 0 spiro atoms. The highest BCUT2D eigenvalue weighted by molar-refractivity contribution is 7.98. The maximum absolute atomic E-state index is 11.8. The molecule has 1 aliphatic heterocycles. The lowest BCUT2D eigenvalue weighted by Gasteiger charge is -2.09. The Morgan fingerprint density at radius 1 is 1.44 bits per heavy atom. The largest absolute Gasteiger partial charge is 0.378 e. The third kappa shape index (κ3) is 4.03. The van der Waals surface area contributed by atoms with Gasteiger partial charge in [0, 0.05) is 23.6 Å². The van der Waals surface area contributed by atoms with Crippen LogP contribution in [-0.4, -0.2) is 24.9 Å². The first kappa shape index (κ1) is 13.4. The van der Waals surface area contributed by atoms with E-state index >= 15 is 0 Å². The van der Waals surface area contributed by atoms with E-state index < -0.39 is 0 Å². The topological polar surface area (TPSA) is 38.3 Å². The zero-order valence-electron chi connectivity index (χ0n) is 10.6. The summed E-state index contributed by atoms with van der Waals surface area (Å²) in [7, 11) is 0. The van der Waals surface area contributed by atoms with E-state index in [0.717, 1.165) is 31.6 Å². The first-order valence-electron chi connectivity index (χ1n) is 6.33. The maximum Gasteiger partial charge on any atom is 0.224 e. The van der Waals surface area contributed by atoms with Crippen molar-refractivity contribution in [1.82, 2.24) is 0 Å². The monoisotopic (exact) mass is 265 g/mol. The van der Waals surface area contributed by atoms with Gasteiger partial charge < -0.3 is 10.1 Å². The molecule has 1 fully saturated rings. The number of ether oxygens (including phenoxy) is 1. The number of hydrogen-bond donors (Lipinski definition) is 1. The SMILES string of the molecule is CSc1ccc(NC(=O)CC[C@@H]2CCCO2)cc1. The van der Waals surface area contributed by atoms with Crippen molar-refractivity contribution in [2.75, 3.05) is 18.2 Å². The second-order valence-electron chi connectivity index (χ2n) is 4.45. The van der Waals surface area contributed by atoms with Gasteiger partial charge in [0.05, 0.1) is 6.10 Å². The quantitative estimate of drug-likeness (QED) is 0.830. The molecule has 3 nitrogen and oxygen atoms in total. The van der Waals surface area contributed by atoms with Gasteiger partial charge in [-0.05, 0) is 49.8 Å². The van der Waals surface area contributed by atoms with Gasteiger partial charge in [0.25, 0.3) is 0 Å². The average molecular weight is 265 g/mol. The molecule has 1 N–H and O–H groups in total. The second kappa shape index (κ2) is 6.81. The Morgan fingerprint density at radius 3 is 2.83 bits per heavy atom. The second-order valence-corrected chi connectivity index (χ2v) is 5.33. The average Bonchev–Trinajstić information content (AvgIpc) is 2.90. The van der Waals surface area contributed by atoms with Crippen LogP contribution in [0.4, 0.5) is 5.69 Å². The summed E-state index contributed by atoms with van der Waals surface area (Å²) >= 11 is 1.69. The number of nitrogens with one attached hydrogen (secondary N) is 1. The van der Waals surface area contributed by atoms with Crippen LogP contribution >= 0.6 is 11.8 Å².